The summed E-state index contributed by atoms with van der Waals surface area (Å²) in [6.45, 7) is 4.82. The molecule has 1 rings (SSSR count). The quantitative estimate of drug-likeness (QED) is 0.759. The van der Waals surface area contributed by atoms with Crippen molar-refractivity contribution < 1.29 is 18.7 Å². The van der Waals surface area contributed by atoms with Crippen LogP contribution in [-0.2, 0) is 17.1 Å². The van der Waals surface area contributed by atoms with Crippen LogP contribution in [0.5, 0.6) is 5.75 Å². The summed E-state index contributed by atoms with van der Waals surface area (Å²) in [5, 5.41) is 9.65. The van der Waals surface area contributed by atoms with Crippen LogP contribution < -0.4 is 0 Å². The molecule has 0 aliphatic heterocycles. The number of phenolic OH excluding ortho intramolecular Hbond substituents is 1. The zero-order valence-electron chi connectivity index (χ0n) is 12.5. The van der Waals surface area contributed by atoms with E-state index < -0.39 is 23.7 Å². The van der Waals surface area contributed by atoms with Crippen LogP contribution in [0.4, 0.5) is 8.78 Å². The minimum Gasteiger partial charge on any atom is -0.506 e. The second-order valence-electron chi connectivity index (χ2n) is 5.33. The first-order valence-corrected chi connectivity index (χ1v) is 7.50. The van der Waals surface area contributed by atoms with Crippen LogP contribution >= 0.6 is 11.6 Å². The van der Waals surface area contributed by atoms with Crippen molar-refractivity contribution in [1.29, 1.82) is 0 Å². The smallest absolute Gasteiger partial charge is 0.276 e. The third-order valence-electron chi connectivity index (χ3n) is 3.66. The minimum atomic E-state index is -3.14. The lowest BCUT2D eigenvalue weighted by Crippen LogP contribution is -2.16. The van der Waals surface area contributed by atoms with Crippen LogP contribution in [0.15, 0.2) is 12.1 Å². The highest BCUT2D eigenvalue weighted by Crippen LogP contribution is 2.41. The van der Waals surface area contributed by atoms with Gasteiger partial charge in [-0.3, -0.25) is 4.79 Å². The van der Waals surface area contributed by atoms with Gasteiger partial charge in [0.25, 0.3) is 5.92 Å². The normalized spacial score (nSPS) is 13.2. The molecule has 0 fully saturated rings. The van der Waals surface area contributed by atoms with Gasteiger partial charge >= 0.3 is 0 Å². The molecule has 1 N–H and O–H groups in total. The van der Waals surface area contributed by atoms with E-state index in [-0.39, 0.29) is 16.7 Å². The van der Waals surface area contributed by atoms with Crippen molar-refractivity contribution in [2.45, 2.75) is 52.4 Å². The van der Waals surface area contributed by atoms with Crippen molar-refractivity contribution in [2.24, 2.45) is 5.92 Å². The van der Waals surface area contributed by atoms with E-state index in [1.54, 1.807) is 0 Å². The van der Waals surface area contributed by atoms with Gasteiger partial charge in [0.05, 0.1) is 10.6 Å². The molecule has 0 aliphatic rings. The van der Waals surface area contributed by atoms with E-state index >= 15 is 0 Å². The molecule has 0 unspecified atom stereocenters. The lowest BCUT2D eigenvalue weighted by molar-refractivity contribution is -0.120. The van der Waals surface area contributed by atoms with Crippen molar-refractivity contribution >= 4 is 17.4 Å². The first-order chi connectivity index (χ1) is 9.72. The number of benzene rings is 1. The molecular formula is C16H21ClF2O2. The number of carbonyl (C=O) groups excluding carboxylic acids is 1. The molecule has 21 heavy (non-hydrogen) atoms. The van der Waals surface area contributed by atoms with Crippen LogP contribution in [0.3, 0.4) is 0 Å². The molecule has 5 heteroatoms. The number of hydrogen-bond donors (Lipinski definition) is 1. The van der Waals surface area contributed by atoms with E-state index in [1.165, 1.54) is 26.0 Å². The Morgan fingerprint density at radius 1 is 1.38 bits per heavy atom. The third kappa shape index (κ3) is 4.40. The average molecular weight is 319 g/mol. The first kappa shape index (κ1) is 17.9. The topological polar surface area (TPSA) is 37.3 Å². The number of phenols is 1. The summed E-state index contributed by atoms with van der Waals surface area (Å²) < 4.78 is 27.7. The summed E-state index contributed by atoms with van der Waals surface area (Å²) in [5.74, 6) is -3.90. The first-order valence-electron chi connectivity index (χ1n) is 7.13. The summed E-state index contributed by atoms with van der Waals surface area (Å²) in [4.78, 5) is 11.6. The molecule has 0 saturated carbocycles. The number of alkyl halides is 2. The monoisotopic (exact) mass is 318 g/mol. The van der Waals surface area contributed by atoms with Crippen LogP contribution in [0.25, 0.3) is 0 Å². The molecule has 1 aromatic rings. The molecule has 0 amide bonds. The summed E-state index contributed by atoms with van der Waals surface area (Å²) in [7, 11) is 0. The van der Waals surface area contributed by atoms with Crippen molar-refractivity contribution in [2.75, 3.05) is 0 Å². The molecule has 0 spiro atoms. The molecule has 0 heterocycles. The second kappa shape index (κ2) is 7.21. The van der Waals surface area contributed by atoms with Crippen LogP contribution in [0.1, 0.15) is 51.2 Å². The number of Topliss-reactive ketones (excluding diaryl/α,β-unsaturated/α-hetero) is 1. The number of ketones is 1. The molecular weight excluding hydrogens is 298 g/mol. The maximum Gasteiger partial charge on any atom is 0.276 e. The average Bonchev–Trinajstić information content (AvgIpc) is 2.41. The van der Waals surface area contributed by atoms with Gasteiger partial charge in [-0.15, -0.1) is 0 Å². The Balaban J connectivity index is 3.18. The number of carbonyl (C=O) groups is 1. The highest BCUT2D eigenvalue weighted by Gasteiger charge is 2.33. The molecule has 0 radical (unpaired) electrons. The predicted octanol–water partition coefficient (Wildman–Crippen LogP) is 5.10. The second-order valence-corrected chi connectivity index (χ2v) is 5.74. The van der Waals surface area contributed by atoms with Gasteiger partial charge in [0.15, 0.2) is 0 Å². The van der Waals surface area contributed by atoms with Gasteiger partial charge in [0.1, 0.15) is 11.5 Å². The zero-order chi connectivity index (χ0) is 16.2. The van der Waals surface area contributed by atoms with Gasteiger partial charge in [0.2, 0.25) is 0 Å². The van der Waals surface area contributed by atoms with Crippen LogP contribution in [-0.4, -0.2) is 10.9 Å². The van der Waals surface area contributed by atoms with Gasteiger partial charge in [0, 0.05) is 12.3 Å². The van der Waals surface area contributed by atoms with Gasteiger partial charge in [-0.25, -0.2) is 8.78 Å². The lowest BCUT2D eigenvalue weighted by atomic mass is 9.90. The Morgan fingerprint density at radius 2 is 2.00 bits per heavy atom. The molecule has 1 atom stereocenters. The van der Waals surface area contributed by atoms with Gasteiger partial charge < -0.3 is 5.11 Å². The molecule has 118 valence electrons. The Morgan fingerprint density at radius 3 is 2.48 bits per heavy atom. The fourth-order valence-electron chi connectivity index (χ4n) is 2.32. The van der Waals surface area contributed by atoms with Crippen molar-refractivity contribution in [3.05, 3.63) is 28.3 Å². The Hall–Kier alpha value is -1.16. The molecule has 2 nitrogen and oxygen atoms in total. The summed E-state index contributed by atoms with van der Waals surface area (Å²) >= 11 is 5.85. The fourth-order valence-corrected chi connectivity index (χ4v) is 2.57. The van der Waals surface area contributed by atoms with Crippen molar-refractivity contribution in [3.63, 3.8) is 0 Å². The zero-order valence-corrected chi connectivity index (χ0v) is 13.3. The molecule has 1 aromatic carbocycles. The predicted molar refractivity (Wildman–Crippen MR) is 80.1 cm³/mol. The molecule has 0 bridgehead atoms. The summed E-state index contributed by atoms with van der Waals surface area (Å²) in [5.41, 5.74) is 0.0841. The van der Waals surface area contributed by atoms with Gasteiger partial charge in [-0.1, -0.05) is 31.9 Å². The van der Waals surface area contributed by atoms with Gasteiger partial charge in [-0.2, -0.15) is 0 Å². The fraction of sp³-hybridized carbons (Fsp3) is 0.562. The van der Waals surface area contributed by atoms with Crippen LogP contribution in [0.2, 0.25) is 5.02 Å². The summed E-state index contributed by atoms with van der Waals surface area (Å²) in [6.07, 6.45) is 1.47. The van der Waals surface area contributed by atoms with E-state index in [0.717, 1.165) is 6.42 Å². The highest BCUT2D eigenvalue weighted by molar-refractivity contribution is 6.32. The van der Waals surface area contributed by atoms with E-state index in [0.29, 0.717) is 18.4 Å². The molecule has 0 aromatic heterocycles. The lowest BCUT2D eigenvalue weighted by Gasteiger charge is -2.19. The standard InChI is InChI=1S/C16H21ClF2O2/c1-4-6-12(10(3)20)7-11-8-13(16(18,19)5-2)15(21)14(17)9-11/h8-9,12,21H,4-7H2,1-3H3/t12-/m1/s1. The van der Waals surface area contributed by atoms with E-state index in [4.69, 9.17) is 11.6 Å². The third-order valence-corrected chi connectivity index (χ3v) is 3.94. The molecule has 0 saturated heterocycles. The van der Waals surface area contributed by atoms with E-state index in [2.05, 4.69) is 0 Å². The Bertz CT molecular complexity index is 515. The number of hydrogen-bond acceptors (Lipinski definition) is 2. The number of rotatable bonds is 7. The van der Waals surface area contributed by atoms with Gasteiger partial charge in [-0.05, 0) is 37.5 Å². The van der Waals surface area contributed by atoms with Crippen molar-refractivity contribution in [3.8, 4) is 5.75 Å². The Kier molecular flexibility index (Phi) is 6.14. The highest BCUT2D eigenvalue weighted by atomic mass is 35.5. The SMILES string of the molecule is CCC[C@H](Cc1cc(Cl)c(O)c(C(F)(F)CC)c1)C(C)=O. The van der Waals surface area contributed by atoms with E-state index in [9.17, 15) is 18.7 Å². The maximum atomic E-state index is 13.9. The number of halogens is 3. The summed E-state index contributed by atoms with van der Waals surface area (Å²) in [6, 6.07) is 2.72. The molecule has 0 aliphatic carbocycles. The van der Waals surface area contributed by atoms with Crippen LogP contribution in [0, 0.1) is 5.92 Å². The number of aromatic hydroxyl groups is 1. The Labute approximate surface area is 129 Å². The maximum absolute atomic E-state index is 13.9. The minimum absolute atomic E-state index is 0.0323. The largest absolute Gasteiger partial charge is 0.506 e. The van der Waals surface area contributed by atoms with Crippen molar-refractivity contribution in [1.82, 2.24) is 0 Å². The van der Waals surface area contributed by atoms with E-state index in [1.807, 2.05) is 6.92 Å².